The normalized spacial score (nSPS) is 17.7. The molecule has 24 heavy (non-hydrogen) atoms. The number of benzene rings is 1. The molecule has 3 aromatic rings. The number of fused-ring (bicyclic) bond motifs is 1. The molecule has 2 aromatic heterocycles. The lowest BCUT2D eigenvalue weighted by molar-refractivity contribution is -0.121. The standard InChI is InChI=1S/C17H14ClN5O/c1-9-7-14(24)22-23-15(9)10-4-5-12-13(8-10)21-17(20-12)11-3-2-6-19-16(11)18/h2-6,8-9H,7H2,1H3,(H,20,21)(H,22,24). The Hall–Kier alpha value is -2.73. The lowest BCUT2D eigenvalue weighted by Gasteiger charge is -2.18. The average Bonchev–Trinajstić information content (AvgIpc) is 2.98. The van der Waals surface area contributed by atoms with Crippen LogP contribution in [0.2, 0.25) is 5.15 Å². The van der Waals surface area contributed by atoms with Crippen LogP contribution in [-0.2, 0) is 4.79 Å². The van der Waals surface area contributed by atoms with Crippen LogP contribution in [0, 0.1) is 5.92 Å². The molecule has 0 bridgehead atoms. The Bertz CT molecular complexity index is 978. The lowest BCUT2D eigenvalue weighted by Crippen LogP contribution is -2.31. The van der Waals surface area contributed by atoms with Crippen molar-refractivity contribution in [3.63, 3.8) is 0 Å². The molecule has 0 saturated heterocycles. The quantitative estimate of drug-likeness (QED) is 0.703. The van der Waals surface area contributed by atoms with Crippen LogP contribution in [-0.4, -0.2) is 26.6 Å². The number of rotatable bonds is 2. The minimum atomic E-state index is -0.0534. The first kappa shape index (κ1) is 14.8. The molecule has 1 unspecified atom stereocenters. The van der Waals surface area contributed by atoms with E-state index in [2.05, 4.69) is 25.5 Å². The van der Waals surface area contributed by atoms with Crippen molar-refractivity contribution in [2.24, 2.45) is 11.0 Å². The van der Waals surface area contributed by atoms with E-state index in [-0.39, 0.29) is 11.8 Å². The number of carbonyl (C=O) groups is 1. The Kier molecular flexibility index (Phi) is 3.54. The third-order valence-corrected chi connectivity index (χ3v) is 4.35. The molecule has 6 nitrogen and oxygen atoms in total. The van der Waals surface area contributed by atoms with E-state index in [4.69, 9.17) is 11.6 Å². The Morgan fingerprint density at radius 2 is 2.17 bits per heavy atom. The molecule has 0 aliphatic carbocycles. The molecule has 1 aliphatic rings. The van der Waals surface area contributed by atoms with Gasteiger partial charge in [-0.05, 0) is 24.3 Å². The fourth-order valence-corrected chi connectivity index (χ4v) is 3.07. The van der Waals surface area contributed by atoms with Crippen LogP contribution in [0.25, 0.3) is 22.4 Å². The summed E-state index contributed by atoms with van der Waals surface area (Å²) in [6.07, 6.45) is 2.08. The van der Waals surface area contributed by atoms with Gasteiger partial charge in [-0.1, -0.05) is 24.6 Å². The molecular weight excluding hydrogens is 326 g/mol. The number of hydrogen-bond donors (Lipinski definition) is 2. The molecule has 1 aromatic carbocycles. The second-order valence-electron chi connectivity index (χ2n) is 5.80. The Morgan fingerprint density at radius 3 is 2.96 bits per heavy atom. The van der Waals surface area contributed by atoms with Crippen molar-refractivity contribution in [1.29, 1.82) is 0 Å². The molecule has 1 amide bonds. The van der Waals surface area contributed by atoms with Crippen molar-refractivity contribution < 1.29 is 4.79 Å². The van der Waals surface area contributed by atoms with Gasteiger partial charge in [0.05, 0.1) is 22.3 Å². The van der Waals surface area contributed by atoms with Gasteiger partial charge in [0, 0.05) is 24.1 Å². The fraction of sp³-hybridized carbons (Fsp3) is 0.176. The summed E-state index contributed by atoms with van der Waals surface area (Å²) in [4.78, 5) is 23.3. The predicted octanol–water partition coefficient (Wildman–Crippen LogP) is 3.14. The number of H-pyrrole nitrogens is 1. The summed E-state index contributed by atoms with van der Waals surface area (Å²) < 4.78 is 0. The van der Waals surface area contributed by atoms with E-state index in [1.165, 1.54) is 0 Å². The van der Waals surface area contributed by atoms with Crippen LogP contribution < -0.4 is 5.43 Å². The Morgan fingerprint density at radius 1 is 1.29 bits per heavy atom. The third kappa shape index (κ3) is 2.55. The van der Waals surface area contributed by atoms with E-state index in [9.17, 15) is 4.79 Å². The number of carbonyl (C=O) groups excluding carboxylic acids is 1. The zero-order valence-electron chi connectivity index (χ0n) is 12.9. The van der Waals surface area contributed by atoms with Crippen LogP contribution in [0.1, 0.15) is 18.9 Å². The van der Waals surface area contributed by atoms with Crippen LogP contribution in [0.5, 0.6) is 0 Å². The predicted molar refractivity (Wildman–Crippen MR) is 92.8 cm³/mol. The fourth-order valence-electron chi connectivity index (χ4n) is 2.86. The maximum Gasteiger partial charge on any atom is 0.240 e. The van der Waals surface area contributed by atoms with Crippen LogP contribution in [0.3, 0.4) is 0 Å². The highest BCUT2D eigenvalue weighted by atomic mass is 35.5. The molecule has 4 rings (SSSR count). The van der Waals surface area contributed by atoms with Crippen molar-refractivity contribution in [2.45, 2.75) is 13.3 Å². The highest BCUT2D eigenvalue weighted by Gasteiger charge is 2.22. The van der Waals surface area contributed by atoms with Gasteiger partial charge in [-0.3, -0.25) is 4.79 Å². The minimum absolute atomic E-state index is 0.0534. The van der Waals surface area contributed by atoms with Gasteiger partial charge in [0.1, 0.15) is 11.0 Å². The molecule has 7 heteroatoms. The van der Waals surface area contributed by atoms with Crippen molar-refractivity contribution in [3.8, 4) is 11.4 Å². The number of amides is 1. The number of imidazole rings is 1. The number of nitrogens with zero attached hydrogens (tertiary/aromatic N) is 3. The first-order valence-corrected chi connectivity index (χ1v) is 7.97. The molecule has 0 fully saturated rings. The third-order valence-electron chi connectivity index (χ3n) is 4.05. The largest absolute Gasteiger partial charge is 0.338 e. The number of aromatic amines is 1. The average molecular weight is 340 g/mol. The maximum atomic E-state index is 11.4. The number of hydrogen-bond acceptors (Lipinski definition) is 4. The summed E-state index contributed by atoms with van der Waals surface area (Å²) in [5, 5.41) is 4.61. The van der Waals surface area contributed by atoms with Gasteiger partial charge in [0.25, 0.3) is 0 Å². The molecule has 0 radical (unpaired) electrons. The highest BCUT2D eigenvalue weighted by molar-refractivity contribution is 6.32. The summed E-state index contributed by atoms with van der Waals surface area (Å²) in [6, 6.07) is 9.58. The summed E-state index contributed by atoms with van der Waals surface area (Å²) in [5.41, 5.74) is 6.85. The number of halogens is 1. The molecule has 0 spiro atoms. The van der Waals surface area contributed by atoms with E-state index in [1.54, 1.807) is 6.20 Å². The Labute approximate surface area is 143 Å². The second-order valence-corrected chi connectivity index (χ2v) is 6.15. The summed E-state index contributed by atoms with van der Waals surface area (Å²) in [5.74, 6) is 0.695. The molecule has 120 valence electrons. The highest BCUT2D eigenvalue weighted by Crippen LogP contribution is 2.27. The molecule has 3 heterocycles. The van der Waals surface area contributed by atoms with Crippen LogP contribution in [0.4, 0.5) is 0 Å². The van der Waals surface area contributed by atoms with Gasteiger partial charge in [-0.2, -0.15) is 5.10 Å². The number of nitrogens with one attached hydrogen (secondary N) is 2. The van der Waals surface area contributed by atoms with Gasteiger partial charge in [-0.15, -0.1) is 0 Å². The lowest BCUT2D eigenvalue weighted by atomic mass is 9.94. The molecule has 2 N–H and O–H groups in total. The van der Waals surface area contributed by atoms with Crippen LogP contribution >= 0.6 is 11.6 Å². The number of pyridine rings is 1. The van der Waals surface area contributed by atoms with E-state index < -0.39 is 0 Å². The van der Waals surface area contributed by atoms with Gasteiger partial charge in [0.15, 0.2) is 0 Å². The zero-order chi connectivity index (χ0) is 16.7. The zero-order valence-corrected chi connectivity index (χ0v) is 13.6. The molecule has 0 saturated carbocycles. The van der Waals surface area contributed by atoms with Gasteiger partial charge >= 0.3 is 0 Å². The van der Waals surface area contributed by atoms with Crippen molar-refractivity contribution in [1.82, 2.24) is 20.4 Å². The topological polar surface area (TPSA) is 83.0 Å². The van der Waals surface area contributed by atoms with Crippen molar-refractivity contribution >= 4 is 34.3 Å². The van der Waals surface area contributed by atoms with E-state index in [0.29, 0.717) is 17.4 Å². The number of aromatic nitrogens is 3. The van der Waals surface area contributed by atoms with Gasteiger partial charge < -0.3 is 4.98 Å². The molecule has 1 atom stereocenters. The van der Waals surface area contributed by atoms with Crippen LogP contribution in [0.15, 0.2) is 41.6 Å². The second kappa shape index (κ2) is 5.72. The maximum absolute atomic E-state index is 11.4. The monoisotopic (exact) mass is 339 g/mol. The summed E-state index contributed by atoms with van der Waals surface area (Å²) >= 11 is 6.14. The van der Waals surface area contributed by atoms with E-state index >= 15 is 0 Å². The van der Waals surface area contributed by atoms with Gasteiger partial charge in [0.2, 0.25) is 5.91 Å². The minimum Gasteiger partial charge on any atom is -0.338 e. The van der Waals surface area contributed by atoms with Gasteiger partial charge in [-0.25, -0.2) is 15.4 Å². The Balaban J connectivity index is 1.77. The van der Waals surface area contributed by atoms with Crippen molar-refractivity contribution in [2.75, 3.05) is 0 Å². The molecular formula is C17H14ClN5O. The smallest absolute Gasteiger partial charge is 0.240 e. The van der Waals surface area contributed by atoms with Crippen molar-refractivity contribution in [3.05, 3.63) is 47.2 Å². The number of hydrazone groups is 1. The first-order chi connectivity index (χ1) is 11.6. The SMILES string of the molecule is CC1CC(=O)NN=C1c1ccc2nc(-c3cccnc3Cl)[nH]c2c1. The van der Waals surface area contributed by atoms with E-state index in [0.717, 1.165) is 27.9 Å². The summed E-state index contributed by atoms with van der Waals surface area (Å²) in [6.45, 7) is 2.00. The molecule has 1 aliphatic heterocycles. The summed E-state index contributed by atoms with van der Waals surface area (Å²) in [7, 11) is 0. The first-order valence-electron chi connectivity index (χ1n) is 7.59. The van der Waals surface area contributed by atoms with E-state index in [1.807, 2.05) is 37.3 Å².